The number of alkyl halides is 4. The molecule has 8 atom stereocenters. The van der Waals surface area contributed by atoms with E-state index in [1.807, 2.05) is 57.2 Å². The zero-order chi connectivity index (χ0) is 49.1. The number of hydrogen-bond donors (Lipinski definition) is 0. The van der Waals surface area contributed by atoms with E-state index in [9.17, 15) is 9.59 Å². The van der Waals surface area contributed by atoms with Crippen LogP contribution in [0, 0.1) is 29.6 Å². The Labute approximate surface area is 399 Å². The molecule has 0 bridgehead atoms. The Morgan fingerprint density at radius 2 is 1.07 bits per heavy atom. The van der Waals surface area contributed by atoms with Gasteiger partial charge in [-0.25, -0.2) is 0 Å². The van der Waals surface area contributed by atoms with Crippen LogP contribution in [0.4, 0.5) is 17.6 Å². The molecule has 67 heavy (non-hydrogen) atoms. The van der Waals surface area contributed by atoms with Crippen molar-refractivity contribution in [2.45, 2.75) is 154 Å². The number of rotatable bonds is 26. The molecule has 0 aromatic heterocycles. The van der Waals surface area contributed by atoms with Crippen LogP contribution in [0.15, 0.2) is 121 Å². The molecule has 0 heterocycles. The van der Waals surface area contributed by atoms with Crippen LogP contribution < -0.4 is 9.47 Å². The topological polar surface area (TPSA) is 80.3 Å². The highest BCUT2D eigenvalue weighted by Crippen LogP contribution is 2.47. The number of para-hydroxylation sites is 2. The van der Waals surface area contributed by atoms with Crippen molar-refractivity contribution in [2.75, 3.05) is 13.2 Å². The normalized spacial score (nSPS) is 24.2. The van der Waals surface area contributed by atoms with Crippen LogP contribution in [-0.4, -0.2) is 63.6 Å². The Kier molecular flexibility index (Phi) is 21.7. The molecule has 0 aliphatic heterocycles. The molecule has 2 aliphatic rings. The highest BCUT2D eigenvalue weighted by molar-refractivity contribution is 6.74. The summed E-state index contributed by atoms with van der Waals surface area (Å²) in [7, 11) is -2.45. The van der Waals surface area contributed by atoms with E-state index in [1.165, 1.54) is 6.08 Å². The summed E-state index contributed by atoms with van der Waals surface area (Å²) < 4.78 is 92.1. The summed E-state index contributed by atoms with van der Waals surface area (Å²) in [4.78, 5) is 26.5. The van der Waals surface area contributed by atoms with Crippen molar-refractivity contribution >= 4 is 20.3 Å². The third-order valence-electron chi connectivity index (χ3n) is 13.3. The second-order valence-electron chi connectivity index (χ2n) is 19.7. The van der Waals surface area contributed by atoms with Gasteiger partial charge in [-0.1, -0.05) is 113 Å². The lowest BCUT2D eigenvalue weighted by atomic mass is 9.86. The molecule has 0 radical (unpaired) electrons. The first-order valence-electron chi connectivity index (χ1n) is 24.2. The molecule has 12 heteroatoms. The van der Waals surface area contributed by atoms with Crippen molar-refractivity contribution in [3.05, 3.63) is 121 Å². The van der Waals surface area contributed by atoms with Gasteiger partial charge in [0.25, 0.3) is 11.8 Å². The Morgan fingerprint density at radius 3 is 1.52 bits per heavy atom. The van der Waals surface area contributed by atoms with Crippen LogP contribution in [0.5, 0.6) is 11.5 Å². The van der Waals surface area contributed by atoms with Gasteiger partial charge < -0.3 is 23.4 Å². The van der Waals surface area contributed by atoms with E-state index in [4.69, 9.17) is 23.4 Å². The Hall–Kier alpha value is -4.42. The largest absolute Gasteiger partial charge is 0.487 e. The summed E-state index contributed by atoms with van der Waals surface area (Å²) in [6.07, 6.45) is 19.9. The summed E-state index contributed by atoms with van der Waals surface area (Å²) in [5, 5.41) is -0.180. The molecule has 0 unspecified atom stereocenters. The van der Waals surface area contributed by atoms with Gasteiger partial charge in [-0.2, -0.15) is 17.6 Å². The van der Waals surface area contributed by atoms with Gasteiger partial charge in [-0.05, 0) is 125 Å². The Bertz CT molecular complexity index is 1940. The monoisotopic (exact) mass is 953 g/mol. The number of benzene rings is 2. The van der Waals surface area contributed by atoms with Gasteiger partial charge in [0, 0.05) is 37.0 Å². The van der Waals surface area contributed by atoms with Gasteiger partial charge >= 0.3 is 11.9 Å². The fourth-order valence-electron chi connectivity index (χ4n) is 8.64. The van der Waals surface area contributed by atoms with Crippen molar-refractivity contribution < 1.29 is 50.5 Å². The maximum Gasteiger partial charge on any atom is 0.306 e. The molecule has 0 N–H and O–H groups in total. The minimum atomic E-state index is -3.31. The zero-order valence-electron chi connectivity index (χ0n) is 41.0. The Morgan fingerprint density at radius 1 is 0.642 bits per heavy atom. The maximum atomic E-state index is 15.6. The van der Waals surface area contributed by atoms with Gasteiger partial charge in [0.15, 0.2) is 21.5 Å². The van der Waals surface area contributed by atoms with Crippen LogP contribution in [0.2, 0.25) is 18.1 Å². The molecule has 2 aliphatic carbocycles. The molecule has 370 valence electrons. The number of ether oxygens (including phenoxy) is 4. The lowest BCUT2D eigenvalue weighted by Gasteiger charge is -2.39. The predicted octanol–water partition coefficient (Wildman–Crippen LogP) is 14.5. The fourth-order valence-corrected chi connectivity index (χ4v) is 10.0. The number of unbranched alkanes of at least 4 members (excludes halogenated alkanes) is 2. The average molecular weight is 953 g/mol. The lowest BCUT2D eigenvalue weighted by molar-refractivity contribution is -0.152. The summed E-state index contributed by atoms with van der Waals surface area (Å²) in [5.41, 5.74) is 0. The standard InChI is InChI=1S/C55H76F4O7Si/c1-9-11-13-21-31-51(60)64-48-37-41(3)44(33-35-54(56,57)39-62-42-25-17-15-18-26-42)45(48)29-23-24-30-46-47(34-36-55(58,59)40-63-43-27-19-16-20-28-43)50(66-67(7,8)53(4,5)6)38-49(46)65-52(61)32-22-14-12-10-2/h9-12,15-20,23-28,33-36,41,44-50H,13-14,21-22,29-32,37-40H2,1-8H3/b11-9+,12-10+,24-23+,35-33+,36-34+/t41-,44+,45-,46-,47-,48+,49+,50-/m0/s1. The first-order valence-corrected chi connectivity index (χ1v) is 27.1. The molecule has 7 nitrogen and oxygen atoms in total. The summed E-state index contributed by atoms with van der Waals surface area (Å²) in [5.74, 6) is -8.23. The van der Waals surface area contributed by atoms with Gasteiger partial charge in [-0.15, -0.1) is 0 Å². The molecule has 0 saturated heterocycles. The minimum absolute atomic E-state index is 0.0666. The smallest absolute Gasteiger partial charge is 0.306 e. The van der Waals surface area contributed by atoms with Gasteiger partial charge in [0.2, 0.25) is 0 Å². The highest BCUT2D eigenvalue weighted by Gasteiger charge is 2.49. The van der Waals surface area contributed by atoms with E-state index in [-0.39, 0.29) is 47.6 Å². The fraction of sp³-hybridized carbons (Fsp3) is 0.564. The molecule has 2 saturated carbocycles. The maximum absolute atomic E-state index is 15.6. The SMILES string of the molecule is C/C=C/CCCC(=O)O[C@@H]1C[C@H](O[Si](C)(C)C(C)(C)C)[C@@H](/C=C/C(F)(F)COc2ccccc2)[C@@H]1C/C=C/C[C@H]1[C@H](/C=C/C(F)(F)COc2ccccc2)[C@@H](C)C[C@H]1OC(=O)CCC/C=C/C. The summed E-state index contributed by atoms with van der Waals surface area (Å²) >= 11 is 0. The predicted molar refractivity (Wildman–Crippen MR) is 262 cm³/mol. The van der Waals surface area contributed by atoms with Crippen LogP contribution in [0.1, 0.15) is 106 Å². The van der Waals surface area contributed by atoms with Crippen molar-refractivity contribution in [3.8, 4) is 11.5 Å². The highest BCUT2D eigenvalue weighted by atomic mass is 28.4. The summed E-state index contributed by atoms with van der Waals surface area (Å²) in [6, 6.07) is 16.9. The second kappa shape index (κ2) is 26.4. The van der Waals surface area contributed by atoms with Gasteiger partial charge in [0.1, 0.15) is 23.7 Å². The molecule has 2 fully saturated rings. The zero-order valence-corrected chi connectivity index (χ0v) is 42.0. The molecule has 2 aromatic carbocycles. The second-order valence-corrected chi connectivity index (χ2v) is 24.5. The van der Waals surface area contributed by atoms with E-state index in [0.29, 0.717) is 50.0 Å². The first kappa shape index (κ1) is 55.2. The van der Waals surface area contributed by atoms with Crippen LogP contribution in [-0.2, 0) is 23.5 Å². The van der Waals surface area contributed by atoms with Crippen molar-refractivity contribution in [1.29, 1.82) is 0 Å². The number of carbonyl (C=O) groups is 2. The molecular formula is C55H76F4O7Si. The van der Waals surface area contributed by atoms with Gasteiger partial charge in [0.05, 0.1) is 6.10 Å². The first-order chi connectivity index (χ1) is 31.7. The van der Waals surface area contributed by atoms with E-state index in [0.717, 1.165) is 25.0 Å². The average Bonchev–Trinajstić information content (AvgIpc) is 3.75. The van der Waals surface area contributed by atoms with Crippen molar-refractivity contribution in [1.82, 2.24) is 0 Å². The van der Waals surface area contributed by atoms with Crippen LogP contribution in [0.3, 0.4) is 0 Å². The van der Waals surface area contributed by atoms with Crippen LogP contribution in [0.25, 0.3) is 0 Å². The number of allylic oxidation sites excluding steroid dienone is 7. The number of carbonyl (C=O) groups excluding carboxylic acids is 2. The van der Waals surface area contributed by atoms with E-state index in [1.54, 1.807) is 66.7 Å². The molecule has 4 rings (SSSR count). The van der Waals surface area contributed by atoms with Gasteiger partial charge in [-0.3, -0.25) is 9.59 Å². The summed E-state index contributed by atoms with van der Waals surface area (Å²) in [6.45, 7) is 14.8. The van der Waals surface area contributed by atoms with E-state index >= 15 is 17.6 Å². The van der Waals surface area contributed by atoms with Crippen molar-refractivity contribution in [2.24, 2.45) is 29.6 Å². The number of hydrogen-bond acceptors (Lipinski definition) is 7. The third-order valence-corrected chi connectivity index (χ3v) is 17.9. The van der Waals surface area contributed by atoms with E-state index in [2.05, 4.69) is 33.9 Å². The quantitative estimate of drug-likeness (QED) is 0.0305. The van der Waals surface area contributed by atoms with E-state index < -0.39 is 63.5 Å². The van der Waals surface area contributed by atoms with Crippen molar-refractivity contribution in [3.63, 3.8) is 0 Å². The van der Waals surface area contributed by atoms with Crippen LogP contribution >= 0.6 is 0 Å². The lowest BCUT2D eigenvalue weighted by Crippen LogP contribution is -2.45. The molecule has 0 spiro atoms. The minimum Gasteiger partial charge on any atom is -0.487 e. The number of esters is 2. The molecule has 2 aromatic rings. The molecule has 0 amide bonds. The Balaban J connectivity index is 1.63. The molecular weight excluding hydrogens is 877 g/mol. The number of halogens is 4. The third kappa shape index (κ3) is 18.5.